The minimum atomic E-state index is -0.126. The lowest BCUT2D eigenvalue weighted by Crippen LogP contribution is -2.24. The van der Waals surface area contributed by atoms with E-state index in [9.17, 15) is 4.79 Å². The largest absolute Gasteiger partial charge is 0.321 e. The minimum absolute atomic E-state index is 0.126. The Kier molecular flexibility index (Phi) is 2.05. The van der Waals surface area contributed by atoms with Gasteiger partial charge < -0.3 is 4.90 Å². The molecule has 0 N–H and O–H groups in total. The maximum atomic E-state index is 11.7. The van der Waals surface area contributed by atoms with Gasteiger partial charge in [-0.2, -0.15) is 5.26 Å². The molecule has 3 nitrogen and oxygen atoms in total. The Morgan fingerprint density at radius 2 is 2.38 bits per heavy atom. The Labute approximate surface area is 77.6 Å². The van der Waals surface area contributed by atoms with E-state index < -0.39 is 0 Å². The Morgan fingerprint density at radius 1 is 1.54 bits per heavy atom. The van der Waals surface area contributed by atoms with Crippen LogP contribution in [0.1, 0.15) is 19.3 Å². The summed E-state index contributed by atoms with van der Waals surface area (Å²) in [6.07, 6.45) is 6.99. The van der Waals surface area contributed by atoms with Crippen LogP contribution in [0.15, 0.2) is 12.2 Å². The Balaban J connectivity index is 1.91. The average molecular weight is 176 g/mol. The lowest BCUT2D eigenvalue weighted by atomic mass is 9.94. The molecule has 1 aliphatic heterocycles. The first kappa shape index (κ1) is 8.31. The Hall–Kier alpha value is -1.30. The molecule has 0 aromatic carbocycles. The number of nitrogens with zero attached hydrogens (tertiary/aromatic N) is 2. The molecule has 1 heterocycles. The van der Waals surface area contributed by atoms with Crippen LogP contribution in [0, 0.1) is 17.2 Å². The van der Waals surface area contributed by atoms with Gasteiger partial charge in [0.05, 0.1) is 12.6 Å². The second-order valence-electron chi connectivity index (χ2n) is 3.62. The number of hydrogen-bond donors (Lipinski definition) is 0. The van der Waals surface area contributed by atoms with Gasteiger partial charge in [0.1, 0.15) is 6.04 Å². The van der Waals surface area contributed by atoms with E-state index in [1.54, 1.807) is 4.90 Å². The van der Waals surface area contributed by atoms with E-state index in [0.29, 0.717) is 6.54 Å². The van der Waals surface area contributed by atoms with Crippen LogP contribution >= 0.6 is 0 Å². The molecule has 2 unspecified atom stereocenters. The predicted molar refractivity (Wildman–Crippen MR) is 47.6 cm³/mol. The molecule has 0 spiro atoms. The predicted octanol–water partition coefficient (Wildman–Crippen LogP) is 1.08. The van der Waals surface area contributed by atoms with E-state index in [1.165, 1.54) is 0 Å². The van der Waals surface area contributed by atoms with Crippen LogP contribution in [0.25, 0.3) is 0 Å². The van der Waals surface area contributed by atoms with E-state index >= 15 is 0 Å². The van der Waals surface area contributed by atoms with Crippen molar-refractivity contribution in [2.24, 2.45) is 5.92 Å². The van der Waals surface area contributed by atoms with Crippen LogP contribution in [0.2, 0.25) is 0 Å². The smallest absolute Gasteiger partial charge is 0.227 e. The maximum absolute atomic E-state index is 11.7. The van der Waals surface area contributed by atoms with E-state index in [4.69, 9.17) is 5.26 Å². The third kappa shape index (κ3) is 1.57. The summed E-state index contributed by atoms with van der Waals surface area (Å²) < 4.78 is 0. The number of carbonyl (C=O) groups excluding carboxylic acids is 1. The molecule has 1 saturated heterocycles. The van der Waals surface area contributed by atoms with Gasteiger partial charge in [-0.05, 0) is 19.3 Å². The fraction of sp³-hybridized carbons (Fsp3) is 0.600. The van der Waals surface area contributed by atoms with Crippen molar-refractivity contribution < 1.29 is 4.79 Å². The second-order valence-corrected chi connectivity index (χ2v) is 3.62. The highest BCUT2D eigenvalue weighted by Gasteiger charge is 2.41. The van der Waals surface area contributed by atoms with Crippen LogP contribution in [-0.4, -0.2) is 23.4 Å². The summed E-state index contributed by atoms with van der Waals surface area (Å²) in [4.78, 5) is 13.3. The summed E-state index contributed by atoms with van der Waals surface area (Å²) in [6, 6.07) is 1.97. The van der Waals surface area contributed by atoms with Gasteiger partial charge in [0.2, 0.25) is 5.91 Å². The van der Waals surface area contributed by atoms with Crippen molar-refractivity contribution >= 4 is 5.91 Å². The highest BCUT2D eigenvalue weighted by molar-refractivity contribution is 5.82. The Bertz CT molecular complexity index is 290. The molecular formula is C10H12N2O. The third-order valence-electron chi connectivity index (χ3n) is 2.66. The van der Waals surface area contributed by atoms with Crippen LogP contribution in [0.5, 0.6) is 0 Å². The summed E-state index contributed by atoms with van der Waals surface area (Å²) in [5, 5.41) is 8.57. The highest BCUT2D eigenvalue weighted by atomic mass is 16.2. The first-order valence-electron chi connectivity index (χ1n) is 4.68. The number of allylic oxidation sites excluding steroid dienone is 2. The van der Waals surface area contributed by atoms with Crippen molar-refractivity contribution in [3.63, 3.8) is 0 Å². The van der Waals surface area contributed by atoms with Crippen LogP contribution in [0.3, 0.4) is 0 Å². The zero-order chi connectivity index (χ0) is 9.26. The molecule has 13 heavy (non-hydrogen) atoms. The molecule has 0 aromatic rings. The van der Waals surface area contributed by atoms with Crippen molar-refractivity contribution in [1.29, 1.82) is 5.26 Å². The molecule has 0 bridgehead atoms. The molecule has 1 aliphatic carbocycles. The molecule has 0 saturated carbocycles. The lowest BCUT2D eigenvalue weighted by Gasteiger charge is -2.16. The summed E-state index contributed by atoms with van der Waals surface area (Å²) in [7, 11) is 0. The summed E-state index contributed by atoms with van der Waals surface area (Å²) >= 11 is 0. The molecule has 0 radical (unpaired) electrons. The van der Waals surface area contributed by atoms with Crippen LogP contribution in [0.4, 0.5) is 0 Å². The first-order chi connectivity index (χ1) is 6.33. The van der Waals surface area contributed by atoms with E-state index in [-0.39, 0.29) is 17.9 Å². The summed E-state index contributed by atoms with van der Waals surface area (Å²) in [6.45, 7) is 0.648. The van der Waals surface area contributed by atoms with E-state index in [1.807, 2.05) is 0 Å². The van der Waals surface area contributed by atoms with Crippen molar-refractivity contribution in [1.82, 2.24) is 4.90 Å². The van der Waals surface area contributed by atoms with Crippen LogP contribution < -0.4 is 0 Å². The van der Waals surface area contributed by atoms with Gasteiger partial charge in [-0.15, -0.1) is 0 Å². The molecule has 68 valence electrons. The molecule has 0 aromatic heterocycles. The quantitative estimate of drug-likeness (QED) is 0.443. The standard InChI is InChI=1S/C10H12N2O/c11-6-9-7-12(9)10(13)8-4-2-1-3-5-8/h1-2,8-9H,3-5,7H2. The van der Waals surface area contributed by atoms with Gasteiger partial charge in [-0.3, -0.25) is 4.79 Å². The van der Waals surface area contributed by atoms with Crippen molar-refractivity contribution in [2.45, 2.75) is 25.3 Å². The van der Waals surface area contributed by atoms with Gasteiger partial charge in [0.15, 0.2) is 0 Å². The second kappa shape index (κ2) is 3.21. The maximum Gasteiger partial charge on any atom is 0.227 e. The van der Waals surface area contributed by atoms with Crippen LogP contribution in [-0.2, 0) is 4.79 Å². The lowest BCUT2D eigenvalue weighted by molar-refractivity contribution is -0.130. The zero-order valence-electron chi connectivity index (χ0n) is 7.44. The molecule has 2 rings (SSSR count). The van der Waals surface area contributed by atoms with Crippen molar-refractivity contribution in [3.8, 4) is 6.07 Å². The Morgan fingerprint density at radius 3 is 2.92 bits per heavy atom. The normalized spacial score (nSPS) is 31.2. The van der Waals surface area contributed by atoms with Gasteiger partial charge in [-0.25, -0.2) is 0 Å². The van der Waals surface area contributed by atoms with Gasteiger partial charge in [0.25, 0.3) is 0 Å². The monoisotopic (exact) mass is 176 g/mol. The number of nitriles is 1. The number of hydrogen-bond acceptors (Lipinski definition) is 2. The molecule has 1 fully saturated rings. The molecular weight excluding hydrogens is 164 g/mol. The zero-order valence-corrected chi connectivity index (χ0v) is 7.44. The average Bonchev–Trinajstić information content (AvgIpc) is 2.97. The molecule has 2 atom stereocenters. The number of carbonyl (C=O) groups is 1. The van der Waals surface area contributed by atoms with Gasteiger partial charge >= 0.3 is 0 Å². The summed E-state index contributed by atoms with van der Waals surface area (Å²) in [5.74, 6) is 0.319. The minimum Gasteiger partial charge on any atom is -0.321 e. The number of rotatable bonds is 1. The number of amides is 1. The topological polar surface area (TPSA) is 43.9 Å². The van der Waals surface area contributed by atoms with E-state index in [2.05, 4.69) is 18.2 Å². The molecule has 3 heteroatoms. The van der Waals surface area contributed by atoms with E-state index in [0.717, 1.165) is 19.3 Å². The summed E-state index contributed by atoms with van der Waals surface area (Å²) in [5.41, 5.74) is 0. The highest BCUT2D eigenvalue weighted by Crippen LogP contribution is 2.26. The fourth-order valence-corrected chi connectivity index (χ4v) is 1.75. The molecule has 2 aliphatic rings. The van der Waals surface area contributed by atoms with Crippen molar-refractivity contribution in [3.05, 3.63) is 12.2 Å². The van der Waals surface area contributed by atoms with Crippen molar-refractivity contribution in [2.75, 3.05) is 6.54 Å². The fourth-order valence-electron chi connectivity index (χ4n) is 1.75. The van der Waals surface area contributed by atoms with Gasteiger partial charge in [0, 0.05) is 5.92 Å². The third-order valence-corrected chi connectivity index (χ3v) is 2.66. The van der Waals surface area contributed by atoms with Gasteiger partial charge in [-0.1, -0.05) is 12.2 Å². The first-order valence-corrected chi connectivity index (χ1v) is 4.68. The molecule has 1 amide bonds. The SMILES string of the molecule is N#CC1CN1C(=O)C1CC=CCC1.